The molecule has 3 nitrogen and oxygen atoms in total. The lowest BCUT2D eigenvalue weighted by molar-refractivity contribution is 0.312. The summed E-state index contributed by atoms with van der Waals surface area (Å²) in [4.78, 5) is 0. The number of aryl methyl sites for hydroxylation is 1. The van der Waals surface area contributed by atoms with Crippen LogP contribution in [0.15, 0.2) is 6.07 Å². The lowest BCUT2D eigenvalue weighted by Crippen LogP contribution is -1.97. The Morgan fingerprint density at radius 1 is 1.36 bits per heavy atom. The highest BCUT2D eigenvalue weighted by molar-refractivity contribution is 5.56. The number of phenols is 1. The average molecular weight is 196 g/mol. The molecule has 0 radical (unpaired) electrons. The van der Waals surface area contributed by atoms with Crippen LogP contribution >= 0.6 is 0 Å². The first-order valence-electron chi connectivity index (χ1n) is 4.61. The molecule has 0 saturated heterocycles. The fourth-order valence-electron chi connectivity index (χ4n) is 1.38. The van der Waals surface area contributed by atoms with Gasteiger partial charge in [0.2, 0.25) is 0 Å². The minimum atomic E-state index is 0.170. The molecule has 14 heavy (non-hydrogen) atoms. The summed E-state index contributed by atoms with van der Waals surface area (Å²) in [6, 6.07) is 1.86. The van der Waals surface area contributed by atoms with Crippen molar-refractivity contribution >= 4 is 0 Å². The zero-order valence-electron chi connectivity index (χ0n) is 9.05. The third-order valence-corrected chi connectivity index (χ3v) is 2.15. The van der Waals surface area contributed by atoms with Gasteiger partial charge in [-0.3, -0.25) is 0 Å². The van der Waals surface area contributed by atoms with E-state index in [2.05, 4.69) is 0 Å². The van der Waals surface area contributed by atoms with E-state index in [-0.39, 0.29) is 5.75 Å². The smallest absolute Gasteiger partial charge is 0.164 e. The maximum absolute atomic E-state index is 9.82. The second kappa shape index (κ2) is 4.22. The molecule has 0 heterocycles. The zero-order valence-corrected chi connectivity index (χ0v) is 9.05. The predicted molar refractivity (Wildman–Crippen MR) is 55.3 cm³/mol. The second-order valence-corrected chi connectivity index (χ2v) is 3.13. The Morgan fingerprint density at radius 2 is 2.00 bits per heavy atom. The van der Waals surface area contributed by atoms with Gasteiger partial charge in [0.25, 0.3) is 0 Å². The summed E-state index contributed by atoms with van der Waals surface area (Å²) in [6.45, 7) is 6.11. The Hall–Kier alpha value is -1.38. The molecule has 78 valence electrons. The minimum absolute atomic E-state index is 0.170. The van der Waals surface area contributed by atoms with E-state index in [1.165, 1.54) is 0 Å². The van der Waals surface area contributed by atoms with Gasteiger partial charge in [-0.05, 0) is 32.4 Å². The van der Waals surface area contributed by atoms with E-state index in [0.29, 0.717) is 23.7 Å². The van der Waals surface area contributed by atoms with Crippen LogP contribution in [0.5, 0.6) is 17.2 Å². The molecule has 0 aliphatic carbocycles. The van der Waals surface area contributed by atoms with Crippen molar-refractivity contribution in [3.63, 3.8) is 0 Å². The standard InChI is InChI=1S/C11H16O3/c1-5-14-11-7(2)6-9(13-4)8(3)10(11)12/h6,12H,5H2,1-4H3. The van der Waals surface area contributed by atoms with Gasteiger partial charge < -0.3 is 14.6 Å². The van der Waals surface area contributed by atoms with Crippen LogP contribution in [0.1, 0.15) is 18.1 Å². The summed E-state index contributed by atoms with van der Waals surface area (Å²) in [6.07, 6.45) is 0. The van der Waals surface area contributed by atoms with E-state index in [1.54, 1.807) is 14.0 Å². The predicted octanol–water partition coefficient (Wildman–Crippen LogP) is 2.42. The van der Waals surface area contributed by atoms with Gasteiger partial charge in [-0.15, -0.1) is 0 Å². The number of benzene rings is 1. The van der Waals surface area contributed by atoms with E-state index in [9.17, 15) is 5.11 Å². The fraction of sp³-hybridized carbons (Fsp3) is 0.455. The quantitative estimate of drug-likeness (QED) is 0.806. The van der Waals surface area contributed by atoms with E-state index in [4.69, 9.17) is 9.47 Å². The van der Waals surface area contributed by atoms with Crippen molar-refractivity contribution in [3.05, 3.63) is 17.2 Å². The molecule has 3 heteroatoms. The molecule has 1 aromatic carbocycles. The van der Waals surface area contributed by atoms with Gasteiger partial charge in [0.1, 0.15) is 5.75 Å². The van der Waals surface area contributed by atoms with Crippen molar-refractivity contribution in [3.8, 4) is 17.2 Å². The summed E-state index contributed by atoms with van der Waals surface area (Å²) in [5, 5.41) is 9.82. The zero-order chi connectivity index (χ0) is 10.7. The average Bonchev–Trinajstić information content (AvgIpc) is 2.18. The van der Waals surface area contributed by atoms with Crippen molar-refractivity contribution in [2.75, 3.05) is 13.7 Å². The first-order chi connectivity index (χ1) is 6.61. The van der Waals surface area contributed by atoms with Crippen molar-refractivity contribution in [2.24, 2.45) is 0 Å². The third-order valence-electron chi connectivity index (χ3n) is 2.15. The Morgan fingerprint density at radius 3 is 2.50 bits per heavy atom. The molecule has 0 aliphatic rings. The monoisotopic (exact) mass is 196 g/mol. The summed E-state index contributed by atoms with van der Waals surface area (Å²) in [5.41, 5.74) is 1.59. The molecular formula is C11H16O3. The Balaban J connectivity index is 3.26. The van der Waals surface area contributed by atoms with E-state index >= 15 is 0 Å². The Kier molecular flexibility index (Phi) is 3.23. The number of hydrogen-bond donors (Lipinski definition) is 1. The molecule has 0 aromatic heterocycles. The highest BCUT2D eigenvalue weighted by Crippen LogP contribution is 2.38. The Labute approximate surface area is 84.3 Å². The van der Waals surface area contributed by atoms with Gasteiger partial charge >= 0.3 is 0 Å². The lowest BCUT2D eigenvalue weighted by Gasteiger charge is -2.14. The molecular weight excluding hydrogens is 180 g/mol. The van der Waals surface area contributed by atoms with Crippen LogP contribution in [-0.2, 0) is 0 Å². The number of hydrogen-bond acceptors (Lipinski definition) is 3. The first-order valence-corrected chi connectivity index (χ1v) is 4.61. The second-order valence-electron chi connectivity index (χ2n) is 3.13. The number of methoxy groups -OCH3 is 1. The van der Waals surface area contributed by atoms with Crippen LogP contribution < -0.4 is 9.47 Å². The van der Waals surface area contributed by atoms with Gasteiger partial charge in [-0.25, -0.2) is 0 Å². The van der Waals surface area contributed by atoms with Crippen LogP contribution in [0.4, 0.5) is 0 Å². The van der Waals surface area contributed by atoms with Crippen LogP contribution in [0, 0.1) is 13.8 Å². The fourth-order valence-corrected chi connectivity index (χ4v) is 1.38. The molecule has 0 saturated carbocycles. The normalized spacial score (nSPS) is 10.0. The van der Waals surface area contributed by atoms with Crippen molar-refractivity contribution in [1.29, 1.82) is 0 Å². The van der Waals surface area contributed by atoms with Crippen LogP contribution in [-0.4, -0.2) is 18.8 Å². The van der Waals surface area contributed by atoms with E-state index < -0.39 is 0 Å². The summed E-state index contributed by atoms with van der Waals surface area (Å²) in [5.74, 6) is 1.40. The van der Waals surface area contributed by atoms with Gasteiger partial charge in [-0.2, -0.15) is 0 Å². The number of rotatable bonds is 3. The first kappa shape index (κ1) is 10.7. The maximum atomic E-state index is 9.82. The van der Waals surface area contributed by atoms with Crippen molar-refractivity contribution in [1.82, 2.24) is 0 Å². The molecule has 0 fully saturated rings. The van der Waals surface area contributed by atoms with Crippen molar-refractivity contribution in [2.45, 2.75) is 20.8 Å². The van der Waals surface area contributed by atoms with Crippen LogP contribution in [0.3, 0.4) is 0 Å². The summed E-state index contributed by atoms with van der Waals surface area (Å²) < 4.78 is 10.5. The van der Waals surface area contributed by atoms with Crippen LogP contribution in [0.25, 0.3) is 0 Å². The maximum Gasteiger partial charge on any atom is 0.164 e. The minimum Gasteiger partial charge on any atom is -0.504 e. The van der Waals surface area contributed by atoms with E-state index in [0.717, 1.165) is 5.56 Å². The van der Waals surface area contributed by atoms with Gasteiger partial charge in [0.15, 0.2) is 11.5 Å². The molecule has 1 N–H and O–H groups in total. The highest BCUT2D eigenvalue weighted by Gasteiger charge is 2.13. The molecule has 0 bridgehead atoms. The number of ether oxygens (including phenoxy) is 2. The highest BCUT2D eigenvalue weighted by atomic mass is 16.5. The number of phenolic OH excluding ortho intramolecular Hbond substituents is 1. The molecule has 0 amide bonds. The van der Waals surface area contributed by atoms with Gasteiger partial charge in [0, 0.05) is 5.56 Å². The largest absolute Gasteiger partial charge is 0.504 e. The van der Waals surface area contributed by atoms with Gasteiger partial charge in [-0.1, -0.05) is 0 Å². The molecule has 1 aromatic rings. The SMILES string of the molecule is CCOc1c(C)cc(OC)c(C)c1O. The van der Waals surface area contributed by atoms with Crippen molar-refractivity contribution < 1.29 is 14.6 Å². The lowest BCUT2D eigenvalue weighted by atomic mass is 10.1. The molecule has 0 atom stereocenters. The topological polar surface area (TPSA) is 38.7 Å². The van der Waals surface area contributed by atoms with E-state index in [1.807, 2.05) is 19.9 Å². The molecule has 0 aliphatic heterocycles. The van der Waals surface area contributed by atoms with Crippen LogP contribution in [0.2, 0.25) is 0 Å². The van der Waals surface area contributed by atoms with Gasteiger partial charge in [0.05, 0.1) is 13.7 Å². The summed E-state index contributed by atoms with van der Waals surface area (Å²) in [7, 11) is 1.58. The summed E-state index contributed by atoms with van der Waals surface area (Å²) >= 11 is 0. The third kappa shape index (κ3) is 1.76. The molecule has 0 spiro atoms. The molecule has 1 rings (SSSR count). The Bertz CT molecular complexity index is 332. The number of aromatic hydroxyl groups is 1. The molecule has 0 unspecified atom stereocenters.